The van der Waals surface area contributed by atoms with E-state index in [0.717, 1.165) is 6.42 Å². The topological polar surface area (TPSA) is 62.2 Å². The fraction of sp³-hybridized carbons (Fsp3) is 0.429. The average Bonchev–Trinajstić information content (AvgIpc) is 2.96. The molecule has 1 unspecified atom stereocenters. The van der Waals surface area contributed by atoms with Crippen LogP contribution in [-0.2, 0) is 4.79 Å². The zero-order valence-corrected chi connectivity index (χ0v) is 10.5. The molecule has 18 heavy (non-hydrogen) atoms. The number of amides is 1. The minimum absolute atomic E-state index is 0.0137. The molecule has 1 amide bonds. The highest BCUT2D eigenvalue weighted by atomic mass is 16.2. The zero-order valence-electron chi connectivity index (χ0n) is 10.5. The third-order valence-corrected chi connectivity index (χ3v) is 3.13. The largest absolute Gasteiger partial charge is 0.384 e. The smallest absolute Gasteiger partial charge is 0.229 e. The number of hydrogen-bond donors (Lipinski definition) is 2. The molecule has 4 heteroatoms. The molecule has 0 bridgehead atoms. The highest BCUT2D eigenvalue weighted by Crippen LogP contribution is 2.51. The molecule has 1 atom stereocenters. The lowest BCUT2D eigenvalue weighted by molar-refractivity contribution is -0.118. The van der Waals surface area contributed by atoms with Crippen molar-refractivity contribution in [2.24, 2.45) is 11.3 Å². The van der Waals surface area contributed by atoms with Crippen molar-refractivity contribution in [3.05, 3.63) is 23.9 Å². The molecule has 2 rings (SSSR count). The van der Waals surface area contributed by atoms with Gasteiger partial charge in [-0.15, -0.1) is 0 Å². The Labute approximate surface area is 106 Å². The predicted octanol–water partition coefficient (Wildman–Crippen LogP) is 1.41. The van der Waals surface area contributed by atoms with Gasteiger partial charge in [-0.25, -0.2) is 4.98 Å². The van der Waals surface area contributed by atoms with Crippen molar-refractivity contribution in [1.82, 2.24) is 4.98 Å². The van der Waals surface area contributed by atoms with Crippen molar-refractivity contribution in [2.45, 2.75) is 20.3 Å². The summed E-state index contributed by atoms with van der Waals surface area (Å²) in [7, 11) is 0. The van der Waals surface area contributed by atoms with Crippen LogP contribution in [0.25, 0.3) is 0 Å². The van der Waals surface area contributed by atoms with Crippen LogP contribution in [0.1, 0.15) is 26.0 Å². The lowest BCUT2D eigenvalue weighted by atomic mass is 10.1. The Bertz CT molecular complexity index is 526. The summed E-state index contributed by atoms with van der Waals surface area (Å²) in [5, 5.41) is 11.4. The fourth-order valence-corrected chi connectivity index (χ4v) is 1.83. The summed E-state index contributed by atoms with van der Waals surface area (Å²) in [6, 6.07) is 5.25. The fourth-order valence-electron chi connectivity index (χ4n) is 1.83. The van der Waals surface area contributed by atoms with Crippen LogP contribution < -0.4 is 5.32 Å². The van der Waals surface area contributed by atoms with E-state index in [1.54, 1.807) is 18.2 Å². The number of pyridine rings is 1. The van der Waals surface area contributed by atoms with Crippen LogP contribution in [-0.4, -0.2) is 22.6 Å². The number of nitrogens with one attached hydrogen (secondary N) is 1. The minimum atomic E-state index is -0.200. The maximum Gasteiger partial charge on any atom is 0.229 e. The molecule has 0 aliphatic heterocycles. The van der Waals surface area contributed by atoms with E-state index in [-0.39, 0.29) is 23.8 Å². The summed E-state index contributed by atoms with van der Waals surface area (Å²) in [5.74, 6) is 5.83. The first-order valence-corrected chi connectivity index (χ1v) is 5.90. The molecule has 0 aromatic carbocycles. The minimum Gasteiger partial charge on any atom is -0.384 e. The molecule has 0 saturated heterocycles. The number of hydrogen-bond acceptors (Lipinski definition) is 3. The van der Waals surface area contributed by atoms with Gasteiger partial charge in [0.1, 0.15) is 18.1 Å². The summed E-state index contributed by atoms with van der Waals surface area (Å²) in [4.78, 5) is 16.1. The highest BCUT2D eigenvalue weighted by molar-refractivity contribution is 5.94. The van der Waals surface area contributed by atoms with Gasteiger partial charge in [-0.1, -0.05) is 25.8 Å². The number of aromatic nitrogens is 1. The molecule has 0 radical (unpaired) electrons. The van der Waals surface area contributed by atoms with E-state index in [1.165, 1.54) is 0 Å². The van der Waals surface area contributed by atoms with Gasteiger partial charge in [0.2, 0.25) is 5.91 Å². The third kappa shape index (κ3) is 2.88. The molecule has 1 aliphatic carbocycles. The Hall–Kier alpha value is -1.86. The first-order valence-electron chi connectivity index (χ1n) is 5.90. The zero-order chi connectivity index (χ0) is 13.2. The lowest BCUT2D eigenvalue weighted by Gasteiger charge is -2.05. The van der Waals surface area contributed by atoms with Gasteiger partial charge >= 0.3 is 0 Å². The van der Waals surface area contributed by atoms with Crippen molar-refractivity contribution >= 4 is 11.7 Å². The van der Waals surface area contributed by atoms with Crippen molar-refractivity contribution < 1.29 is 9.90 Å². The van der Waals surface area contributed by atoms with E-state index in [9.17, 15) is 4.79 Å². The molecule has 1 aliphatic rings. The molecule has 1 fully saturated rings. The first-order chi connectivity index (χ1) is 8.53. The lowest BCUT2D eigenvalue weighted by Crippen LogP contribution is -2.17. The molecule has 1 aromatic heterocycles. The molecule has 1 saturated carbocycles. The molecule has 1 heterocycles. The maximum atomic E-state index is 11.9. The highest BCUT2D eigenvalue weighted by Gasteiger charge is 2.50. The van der Waals surface area contributed by atoms with Crippen LogP contribution >= 0.6 is 0 Å². The number of anilines is 1. The van der Waals surface area contributed by atoms with Crippen molar-refractivity contribution in [1.29, 1.82) is 0 Å². The summed E-state index contributed by atoms with van der Waals surface area (Å²) in [6.07, 6.45) is 0.919. The SMILES string of the molecule is CC1(C)CC1C(=O)Nc1cccc(C#CCO)n1. The monoisotopic (exact) mass is 244 g/mol. The van der Waals surface area contributed by atoms with Crippen LogP contribution in [0.3, 0.4) is 0 Å². The van der Waals surface area contributed by atoms with E-state index in [4.69, 9.17) is 5.11 Å². The standard InChI is InChI=1S/C14H16N2O2/c1-14(2)9-11(14)13(18)16-12-7-3-5-10(15-12)6-4-8-17/h3,5,7,11,17H,8-9H2,1-2H3,(H,15,16,18). The van der Waals surface area contributed by atoms with Gasteiger partial charge in [0, 0.05) is 5.92 Å². The summed E-state index contributed by atoms with van der Waals surface area (Å²) < 4.78 is 0. The Kier molecular flexibility index (Phi) is 3.35. The van der Waals surface area contributed by atoms with E-state index >= 15 is 0 Å². The summed E-state index contributed by atoms with van der Waals surface area (Å²) in [5.41, 5.74) is 0.648. The van der Waals surface area contributed by atoms with Crippen LogP contribution in [0.4, 0.5) is 5.82 Å². The van der Waals surface area contributed by atoms with Crippen molar-refractivity contribution in [3.8, 4) is 11.8 Å². The number of aliphatic hydroxyl groups is 1. The van der Waals surface area contributed by atoms with Gasteiger partial charge < -0.3 is 10.4 Å². The van der Waals surface area contributed by atoms with Crippen molar-refractivity contribution in [2.75, 3.05) is 11.9 Å². The maximum absolute atomic E-state index is 11.9. The number of carbonyl (C=O) groups is 1. The molecule has 1 aromatic rings. The van der Waals surface area contributed by atoms with E-state index in [1.807, 2.05) is 0 Å². The average molecular weight is 244 g/mol. The van der Waals surface area contributed by atoms with Gasteiger partial charge in [0.25, 0.3) is 0 Å². The third-order valence-electron chi connectivity index (χ3n) is 3.13. The number of carbonyl (C=O) groups excluding carboxylic acids is 1. The molecular weight excluding hydrogens is 228 g/mol. The van der Waals surface area contributed by atoms with Crippen LogP contribution in [0.5, 0.6) is 0 Å². The molecule has 4 nitrogen and oxygen atoms in total. The number of rotatable bonds is 2. The van der Waals surface area contributed by atoms with Crippen molar-refractivity contribution in [3.63, 3.8) is 0 Å². The number of nitrogens with zero attached hydrogens (tertiary/aromatic N) is 1. The summed E-state index contributed by atoms with van der Waals surface area (Å²) >= 11 is 0. The Balaban J connectivity index is 2.04. The normalized spacial score (nSPS) is 19.6. The van der Waals surface area contributed by atoms with Gasteiger partial charge in [0.15, 0.2) is 0 Å². The quantitative estimate of drug-likeness (QED) is 0.773. The van der Waals surface area contributed by atoms with Crippen LogP contribution in [0.15, 0.2) is 18.2 Å². The predicted molar refractivity (Wildman–Crippen MR) is 68.7 cm³/mol. The summed E-state index contributed by atoms with van der Waals surface area (Å²) in [6.45, 7) is 3.95. The molecule has 2 N–H and O–H groups in total. The van der Waals surface area contributed by atoms with Gasteiger partial charge in [-0.2, -0.15) is 0 Å². The second-order valence-electron chi connectivity index (χ2n) is 5.10. The Morgan fingerprint density at radius 1 is 1.61 bits per heavy atom. The molecular formula is C14H16N2O2. The van der Waals surface area contributed by atoms with E-state index in [0.29, 0.717) is 11.5 Å². The first kappa shape index (κ1) is 12.6. The van der Waals surface area contributed by atoms with Gasteiger partial charge in [-0.05, 0) is 29.9 Å². The van der Waals surface area contributed by atoms with E-state index < -0.39 is 0 Å². The molecule has 94 valence electrons. The van der Waals surface area contributed by atoms with Gasteiger partial charge in [0.05, 0.1) is 0 Å². The second kappa shape index (κ2) is 4.79. The Morgan fingerprint density at radius 2 is 2.33 bits per heavy atom. The second-order valence-corrected chi connectivity index (χ2v) is 5.10. The number of aliphatic hydroxyl groups excluding tert-OH is 1. The van der Waals surface area contributed by atoms with Crippen LogP contribution in [0, 0.1) is 23.2 Å². The van der Waals surface area contributed by atoms with Crippen LogP contribution in [0.2, 0.25) is 0 Å². The molecule has 0 spiro atoms. The van der Waals surface area contributed by atoms with E-state index in [2.05, 4.69) is 36.0 Å². The Morgan fingerprint density at radius 3 is 2.94 bits per heavy atom. The van der Waals surface area contributed by atoms with Gasteiger partial charge in [-0.3, -0.25) is 4.79 Å².